The van der Waals surface area contributed by atoms with Crippen LogP contribution in [0.2, 0.25) is 0 Å². The molecule has 1 aliphatic rings. The number of fused-ring (bicyclic) bond motifs is 1. The monoisotopic (exact) mass is 753 g/mol. The second-order valence-electron chi connectivity index (χ2n) is 12.4. The predicted octanol–water partition coefficient (Wildman–Crippen LogP) is 6.57. The Morgan fingerprint density at radius 3 is 1.65 bits per heavy atom. The summed E-state index contributed by atoms with van der Waals surface area (Å²) in [5.41, 5.74) is 11.5. The second-order valence-corrected chi connectivity index (χ2v) is 12.4. The lowest BCUT2D eigenvalue weighted by atomic mass is 9.88. The van der Waals surface area contributed by atoms with Crippen molar-refractivity contribution in [3.8, 4) is 22.3 Å². The van der Waals surface area contributed by atoms with Gasteiger partial charge in [0.2, 0.25) is 11.1 Å². The van der Waals surface area contributed by atoms with Crippen molar-refractivity contribution < 1.29 is 37.8 Å². The van der Waals surface area contributed by atoms with Crippen molar-refractivity contribution in [1.82, 2.24) is 19.9 Å². The van der Waals surface area contributed by atoms with Gasteiger partial charge in [0, 0.05) is 54.8 Å². The fourth-order valence-corrected chi connectivity index (χ4v) is 5.85. The lowest BCUT2D eigenvalue weighted by Gasteiger charge is -2.32. The van der Waals surface area contributed by atoms with Crippen LogP contribution in [-0.4, -0.2) is 67.2 Å². The van der Waals surface area contributed by atoms with Gasteiger partial charge in [-0.15, -0.1) is 0 Å². The van der Waals surface area contributed by atoms with Gasteiger partial charge in [0.1, 0.15) is 5.82 Å². The third-order valence-corrected chi connectivity index (χ3v) is 8.82. The number of nitrogen functional groups attached to an aromatic ring is 1. The highest BCUT2D eigenvalue weighted by molar-refractivity contribution is 5.95. The molecule has 1 aliphatic heterocycles. The molecule has 0 atom stereocenters. The number of alkyl halides is 3. The molecule has 0 spiro atoms. The molecular weight excluding hydrogens is 719 g/mol. The van der Waals surface area contributed by atoms with Crippen molar-refractivity contribution in [3.05, 3.63) is 153 Å². The summed E-state index contributed by atoms with van der Waals surface area (Å²) >= 11 is 0. The number of hydrogen-bond acceptors (Lipinski definition) is 7. The van der Waals surface area contributed by atoms with E-state index < -0.39 is 18.1 Å². The number of carboxylic acid groups (broad SMARTS) is 2. The van der Waals surface area contributed by atoms with Crippen LogP contribution in [-0.2, 0) is 4.79 Å². The Labute approximate surface area is 310 Å². The Morgan fingerprint density at radius 1 is 0.709 bits per heavy atom. The summed E-state index contributed by atoms with van der Waals surface area (Å²) < 4.78 is 31.7. The van der Waals surface area contributed by atoms with E-state index in [-0.39, 0.29) is 22.6 Å². The number of carbonyl (C=O) groups excluding carboxylic acids is 1. The molecule has 1 saturated heterocycles. The number of carboxylic acids is 2. The Hall–Kier alpha value is -7.03. The number of aromatic carboxylic acids is 1. The van der Waals surface area contributed by atoms with Crippen molar-refractivity contribution in [2.24, 2.45) is 0 Å². The first kappa shape index (κ1) is 39.2. The molecule has 3 aromatic heterocycles. The van der Waals surface area contributed by atoms with Gasteiger partial charge >= 0.3 is 18.1 Å². The number of pyridine rings is 3. The third-order valence-electron chi connectivity index (χ3n) is 8.82. The topological polar surface area (TPSA) is 200 Å². The Kier molecular flexibility index (Phi) is 12.3. The number of nitrogens with two attached hydrogens (primary N) is 1. The first-order chi connectivity index (χ1) is 26.2. The number of carbonyl (C=O) groups is 3. The summed E-state index contributed by atoms with van der Waals surface area (Å²) in [4.78, 5) is 66.0. The smallest absolute Gasteiger partial charge is 0.478 e. The summed E-state index contributed by atoms with van der Waals surface area (Å²) in [6, 6.07) is 28.8. The first-order valence-corrected chi connectivity index (χ1v) is 16.7. The number of amides is 1. The zero-order chi connectivity index (χ0) is 39.7. The number of nitrogens with one attached hydrogen (secondary N) is 2. The molecule has 0 bridgehead atoms. The average molecular weight is 754 g/mol. The van der Waals surface area contributed by atoms with Gasteiger partial charge in [-0.2, -0.15) is 13.2 Å². The van der Waals surface area contributed by atoms with Gasteiger partial charge in [-0.25, -0.2) is 14.6 Å². The first-order valence-electron chi connectivity index (χ1n) is 16.7. The number of halogens is 3. The van der Waals surface area contributed by atoms with Gasteiger partial charge < -0.3 is 30.8 Å². The normalized spacial score (nSPS) is 12.8. The maximum Gasteiger partial charge on any atom is 0.490 e. The number of anilines is 1. The zero-order valence-corrected chi connectivity index (χ0v) is 28.9. The van der Waals surface area contributed by atoms with Crippen molar-refractivity contribution in [3.63, 3.8) is 0 Å². The van der Waals surface area contributed by atoms with E-state index in [1.165, 1.54) is 29.8 Å². The van der Waals surface area contributed by atoms with E-state index in [2.05, 4.69) is 33.2 Å². The van der Waals surface area contributed by atoms with Crippen LogP contribution in [0.4, 0.5) is 19.0 Å². The highest BCUT2D eigenvalue weighted by Crippen LogP contribution is 2.32. The second kappa shape index (κ2) is 17.2. The Balaban J connectivity index is 0.000000209. The van der Waals surface area contributed by atoms with Crippen LogP contribution in [0.15, 0.2) is 125 Å². The largest absolute Gasteiger partial charge is 0.490 e. The third kappa shape index (κ3) is 10.3. The molecule has 12 nitrogen and oxygen atoms in total. The van der Waals surface area contributed by atoms with Crippen molar-refractivity contribution in [1.29, 1.82) is 0 Å². The number of rotatable bonds is 5. The van der Waals surface area contributed by atoms with Crippen LogP contribution in [0, 0.1) is 0 Å². The van der Waals surface area contributed by atoms with Crippen molar-refractivity contribution in [2.75, 3.05) is 18.8 Å². The maximum atomic E-state index is 13.0. The minimum Gasteiger partial charge on any atom is -0.478 e. The number of hydrogen-bond donors (Lipinski definition) is 5. The molecule has 7 rings (SSSR count). The van der Waals surface area contributed by atoms with E-state index in [1.54, 1.807) is 42.9 Å². The zero-order valence-electron chi connectivity index (χ0n) is 28.9. The number of H-pyrrole nitrogens is 2. The van der Waals surface area contributed by atoms with Crippen molar-refractivity contribution >= 4 is 34.4 Å². The van der Waals surface area contributed by atoms with Gasteiger partial charge in [-0.05, 0) is 100 Å². The molecule has 0 saturated carbocycles. The number of benzene rings is 3. The number of aromatic nitrogens is 3. The predicted molar refractivity (Wildman–Crippen MR) is 200 cm³/mol. The van der Waals surface area contributed by atoms with Crippen LogP contribution in [0.5, 0.6) is 0 Å². The van der Waals surface area contributed by atoms with Gasteiger partial charge in [0.15, 0.2) is 0 Å². The fraction of sp³-hybridized carbons (Fsp3) is 0.150. The standard InChI is InChI=1S/C26H24N4O2.C12H9NO3.C2HF3O2/c27-25-23-15-21(6-3-19(23)9-12-28-25)18-10-13-30(14-11-18)26(32)20-4-1-17(2-5-20)22-7-8-24(31)29-16-22;14-11-6-5-10(7-13-11)8-1-3-9(4-2-8)12(15)16;3-2(4,5)1(6)7/h1-9,12,15-16,18H,10-11,13-14H2,(H2,27,28)(H,29,31);1-7H,(H,13,14)(H,15,16);(H,6,7). The molecule has 6 N–H and O–H groups in total. The van der Waals surface area contributed by atoms with E-state index in [4.69, 9.17) is 20.7 Å². The summed E-state index contributed by atoms with van der Waals surface area (Å²) in [5, 5.41) is 17.9. The van der Waals surface area contributed by atoms with Gasteiger partial charge in [-0.1, -0.05) is 36.4 Å². The van der Waals surface area contributed by atoms with Gasteiger partial charge in [0.25, 0.3) is 5.91 Å². The van der Waals surface area contributed by atoms with Crippen molar-refractivity contribution in [2.45, 2.75) is 24.9 Å². The molecule has 0 aliphatic carbocycles. The average Bonchev–Trinajstić information content (AvgIpc) is 3.19. The van der Waals surface area contributed by atoms with Crippen LogP contribution in [0.3, 0.4) is 0 Å². The molecule has 0 unspecified atom stereocenters. The molecule has 3 aromatic carbocycles. The van der Waals surface area contributed by atoms with E-state index in [1.807, 2.05) is 35.2 Å². The summed E-state index contributed by atoms with van der Waals surface area (Å²) in [7, 11) is 0. The van der Waals surface area contributed by atoms with E-state index >= 15 is 0 Å². The summed E-state index contributed by atoms with van der Waals surface area (Å²) in [6.45, 7) is 1.46. The lowest BCUT2D eigenvalue weighted by molar-refractivity contribution is -0.192. The SMILES string of the molecule is Nc1nccc2ccc(C3CCN(C(=O)c4ccc(-c5ccc(=O)[nH]c5)cc4)CC3)cc12.O=C(O)C(F)(F)F.O=C(O)c1ccc(-c2ccc(=O)[nH]c2)cc1. The minimum absolute atomic E-state index is 0.0587. The number of aromatic amines is 2. The lowest BCUT2D eigenvalue weighted by Crippen LogP contribution is -2.37. The molecule has 6 aromatic rings. The van der Waals surface area contributed by atoms with E-state index in [0.717, 1.165) is 59.0 Å². The highest BCUT2D eigenvalue weighted by atomic mass is 19.4. The molecule has 15 heteroatoms. The van der Waals surface area contributed by atoms with E-state index in [0.29, 0.717) is 17.3 Å². The molecule has 0 radical (unpaired) electrons. The molecule has 4 heterocycles. The number of aliphatic carboxylic acids is 1. The van der Waals surface area contributed by atoms with Gasteiger partial charge in [-0.3, -0.25) is 14.4 Å². The molecule has 282 valence electrons. The number of piperidine rings is 1. The molecule has 1 amide bonds. The highest BCUT2D eigenvalue weighted by Gasteiger charge is 2.38. The van der Waals surface area contributed by atoms with Crippen LogP contribution in [0.1, 0.15) is 45.0 Å². The maximum absolute atomic E-state index is 13.0. The molecule has 1 fully saturated rings. The Bertz CT molecular complexity index is 2380. The summed E-state index contributed by atoms with van der Waals surface area (Å²) in [6.07, 6.45) is 1.77. The Morgan fingerprint density at radius 2 is 1.20 bits per heavy atom. The van der Waals surface area contributed by atoms with Gasteiger partial charge in [0.05, 0.1) is 5.56 Å². The van der Waals surface area contributed by atoms with Crippen LogP contribution < -0.4 is 16.9 Å². The fourth-order valence-electron chi connectivity index (χ4n) is 5.85. The van der Waals surface area contributed by atoms with E-state index in [9.17, 15) is 32.3 Å². The van der Waals surface area contributed by atoms with Crippen LogP contribution >= 0.6 is 0 Å². The minimum atomic E-state index is -5.08. The molecular formula is C40H34F3N5O7. The summed E-state index contributed by atoms with van der Waals surface area (Å²) in [5.74, 6) is -2.68. The number of nitrogens with zero attached hydrogens (tertiary/aromatic N) is 2. The van der Waals surface area contributed by atoms with Crippen LogP contribution in [0.25, 0.3) is 33.0 Å². The number of likely N-dealkylation sites (tertiary alicyclic amines) is 1. The molecule has 55 heavy (non-hydrogen) atoms. The quantitative estimate of drug-likeness (QED) is 0.129.